The Morgan fingerprint density at radius 1 is 1.17 bits per heavy atom. The first-order valence-corrected chi connectivity index (χ1v) is 5.41. The van der Waals surface area contributed by atoms with Crippen LogP contribution in [0.25, 0.3) is 0 Å². The van der Waals surface area contributed by atoms with Gasteiger partial charge in [0, 0.05) is 6.04 Å². The van der Waals surface area contributed by atoms with E-state index in [1.54, 1.807) is 0 Å². The molecule has 0 radical (unpaired) electrons. The number of hydrogen-bond donors (Lipinski definition) is 2. The van der Waals surface area contributed by atoms with Crippen molar-refractivity contribution in [2.24, 2.45) is 10.9 Å². The Kier molecular flexibility index (Phi) is 3.05. The van der Waals surface area contributed by atoms with Crippen molar-refractivity contribution >= 4 is 10.3 Å². The Hall–Kier alpha value is -0.170. The summed E-state index contributed by atoms with van der Waals surface area (Å²) in [6.07, 6.45) is 4.04. The van der Waals surface area contributed by atoms with E-state index in [2.05, 4.69) is 9.32 Å². The van der Waals surface area contributed by atoms with Crippen LogP contribution in [0.5, 0.6) is 0 Å². The fraction of sp³-hybridized carbons (Fsp3) is 1.00. The molecule has 2 aliphatic rings. The molecule has 0 aromatic carbocycles. The fourth-order valence-corrected chi connectivity index (χ4v) is 1.02. The van der Waals surface area contributed by atoms with Crippen molar-refractivity contribution in [3.05, 3.63) is 0 Å². The molecular weight excluding hydrogens is 180 g/mol. The van der Waals surface area contributed by atoms with Gasteiger partial charge < -0.3 is 5.73 Å². The number of nitrogens with two attached hydrogens (primary N) is 2. The van der Waals surface area contributed by atoms with Crippen LogP contribution in [0, 0.1) is 0 Å². The SMILES string of the molecule is NC1CC1.NS(=O)(=O)OC1CC1. The van der Waals surface area contributed by atoms with Crippen molar-refractivity contribution in [3.63, 3.8) is 0 Å². The second kappa shape index (κ2) is 3.69. The first-order valence-electron chi connectivity index (χ1n) is 3.94. The first kappa shape index (κ1) is 9.91. The lowest BCUT2D eigenvalue weighted by Crippen LogP contribution is -2.16. The highest BCUT2D eigenvalue weighted by atomic mass is 32.2. The molecule has 2 rings (SSSR count). The monoisotopic (exact) mass is 194 g/mol. The molecule has 0 amide bonds. The summed E-state index contributed by atoms with van der Waals surface area (Å²) in [5, 5.41) is 4.53. The van der Waals surface area contributed by atoms with Crippen LogP contribution >= 0.6 is 0 Å². The molecule has 0 atom stereocenters. The zero-order valence-corrected chi connectivity index (χ0v) is 7.59. The van der Waals surface area contributed by atoms with E-state index in [0.29, 0.717) is 6.04 Å². The summed E-state index contributed by atoms with van der Waals surface area (Å²) in [7, 11) is -3.66. The van der Waals surface area contributed by atoms with Crippen molar-refractivity contribution < 1.29 is 12.6 Å². The van der Waals surface area contributed by atoms with Gasteiger partial charge in [-0.2, -0.15) is 8.42 Å². The van der Waals surface area contributed by atoms with Gasteiger partial charge in [0.1, 0.15) is 0 Å². The largest absolute Gasteiger partial charge is 0.333 e. The molecule has 5 nitrogen and oxygen atoms in total. The molecule has 2 fully saturated rings. The normalized spacial score (nSPS) is 22.8. The molecule has 0 unspecified atom stereocenters. The topological polar surface area (TPSA) is 95.4 Å². The van der Waals surface area contributed by atoms with Crippen LogP contribution < -0.4 is 10.9 Å². The molecule has 0 aromatic rings. The Morgan fingerprint density at radius 2 is 1.58 bits per heavy atom. The van der Waals surface area contributed by atoms with Gasteiger partial charge in [-0.05, 0) is 25.7 Å². The third kappa shape index (κ3) is 6.53. The molecule has 72 valence electrons. The van der Waals surface area contributed by atoms with Crippen LogP contribution in [0.4, 0.5) is 0 Å². The smallest absolute Gasteiger partial charge is 0.328 e. The van der Waals surface area contributed by atoms with Gasteiger partial charge in [0.25, 0.3) is 0 Å². The Morgan fingerprint density at radius 3 is 1.67 bits per heavy atom. The van der Waals surface area contributed by atoms with Crippen LogP contribution in [0.15, 0.2) is 0 Å². The van der Waals surface area contributed by atoms with Crippen molar-refractivity contribution in [2.75, 3.05) is 0 Å². The maximum absolute atomic E-state index is 10.0. The predicted molar refractivity (Wildman–Crippen MR) is 44.4 cm³/mol. The lowest BCUT2D eigenvalue weighted by molar-refractivity contribution is 0.306. The molecule has 2 saturated carbocycles. The predicted octanol–water partition coefficient (Wildman–Crippen LogP) is -0.524. The van der Waals surface area contributed by atoms with E-state index < -0.39 is 10.3 Å². The van der Waals surface area contributed by atoms with Crippen LogP contribution in [-0.4, -0.2) is 20.6 Å². The average molecular weight is 194 g/mol. The third-order valence-electron chi connectivity index (χ3n) is 1.42. The second-order valence-electron chi connectivity index (χ2n) is 3.13. The molecule has 0 heterocycles. The summed E-state index contributed by atoms with van der Waals surface area (Å²) in [4.78, 5) is 0. The number of rotatable bonds is 2. The van der Waals surface area contributed by atoms with E-state index in [1.807, 2.05) is 0 Å². The zero-order valence-electron chi connectivity index (χ0n) is 6.77. The molecular formula is C6H14N2O3S. The molecule has 2 aliphatic carbocycles. The lowest BCUT2D eigenvalue weighted by atomic mass is 10.8. The highest BCUT2D eigenvalue weighted by Gasteiger charge is 2.26. The average Bonchev–Trinajstić information content (AvgIpc) is 2.66. The van der Waals surface area contributed by atoms with Crippen LogP contribution in [0.3, 0.4) is 0 Å². The summed E-state index contributed by atoms with van der Waals surface area (Å²) in [6, 6.07) is 0.583. The quantitative estimate of drug-likeness (QED) is 0.618. The minimum absolute atomic E-state index is 0.120. The fourth-order valence-electron chi connectivity index (χ4n) is 0.450. The molecule has 0 saturated heterocycles. The van der Waals surface area contributed by atoms with Crippen molar-refractivity contribution in [1.82, 2.24) is 0 Å². The van der Waals surface area contributed by atoms with E-state index >= 15 is 0 Å². The van der Waals surface area contributed by atoms with Crippen molar-refractivity contribution in [1.29, 1.82) is 0 Å². The summed E-state index contributed by atoms with van der Waals surface area (Å²) in [5.74, 6) is 0. The van der Waals surface area contributed by atoms with Gasteiger partial charge in [0.15, 0.2) is 0 Å². The van der Waals surface area contributed by atoms with Gasteiger partial charge in [-0.25, -0.2) is 5.14 Å². The molecule has 0 aliphatic heterocycles. The molecule has 0 spiro atoms. The number of hydrogen-bond acceptors (Lipinski definition) is 4. The van der Waals surface area contributed by atoms with Gasteiger partial charge in [-0.3, -0.25) is 4.18 Å². The molecule has 12 heavy (non-hydrogen) atoms. The van der Waals surface area contributed by atoms with Gasteiger partial charge in [-0.1, -0.05) is 0 Å². The molecule has 0 bridgehead atoms. The maximum Gasteiger partial charge on any atom is 0.333 e. The van der Waals surface area contributed by atoms with Gasteiger partial charge in [0.05, 0.1) is 6.10 Å². The van der Waals surface area contributed by atoms with E-state index in [9.17, 15) is 8.42 Å². The molecule has 4 N–H and O–H groups in total. The Bertz CT molecular complexity index is 231. The van der Waals surface area contributed by atoms with E-state index in [0.717, 1.165) is 12.8 Å². The maximum atomic E-state index is 10.0. The first-order chi connectivity index (χ1) is 5.47. The van der Waals surface area contributed by atoms with Crippen LogP contribution in [0.2, 0.25) is 0 Å². The van der Waals surface area contributed by atoms with E-state index in [1.165, 1.54) is 12.8 Å². The molecule has 6 heteroatoms. The Labute approximate surface area is 72.3 Å². The van der Waals surface area contributed by atoms with E-state index in [4.69, 9.17) is 5.73 Å². The summed E-state index contributed by atoms with van der Waals surface area (Å²) in [5.41, 5.74) is 5.22. The van der Waals surface area contributed by atoms with E-state index in [-0.39, 0.29) is 6.10 Å². The van der Waals surface area contributed by atoms with Crippen molar-refractivity contribution in [3.8, 4) is 0 Å². The third-order valence-corrected chi connectivity index (χ3v) is 1.96. The summed E-state index contributed by atoms with van der Waals surface area (Å²) < 4.78 is 24.4. The molecule has 0 aromatic heterocycles. The van der Waals surface area contributed by atoms with Crippen molar-refractivity contribution in [2.45, 2.75) is 37.8 Å². The lowest BCUT2D eigenvalue weighted by Gasteiger charge is -1.92. The summed E-state index contributed by atoms with van der Waals surface area (Å²) >= 11 is 0. The minimum atomic E-state index is -3.66. The van der Waals surface area contributed by atoms with Crippen LogP contribution in [0.1, 0.15) is 25.7 Å². The zero-order chi connectivity index (χ0) is 9.19. The summed E-state index contributed by atoms with van der Waals surface area (Å²) in [6.45, 7) is 0. The minimum Gasteiger partial charge on any atom is -0.328 e. The van der Waals surface area contributed by atoms with Crippen LogP contribution in [-0.2, 0) is 14.5 Å². The standard InChI is InChI=1S/C3H7NO3S.C3H7N/c4-8(5,6)7-3-1-2-3;4-3-1-2-3/h3H,1-2H2,(H2,4,5,6);3H,1-2,4H2. The highest BCUT2D eigenvalue weighted by molar-refractivity contribution is 7.84. The van der Waals surface area contributed by atoms with Gasteiger partial charge in [0.2, 0.25) is 0 Å². The Balaban J connectivity index is 0.000000150. The second-order valence-corrected chi connectivity index (χ2v) is 4.30. The van der Waals surface area contributed by atoms with Gasteiger partial charge >= 0.3 is 10.3 Å². The van der Waals surface area contributed by atoms with Gasteiger partial charge in [-0.15, -0.1) is 0 Å². The highest BCUT2D eigenvalue weighted by Crippen LogP contribution is 2.24.